The van der Waals surface area contributed by atoms with Gasteiger partial charge < -0.3 is 15.2 Å². The number of amides is 1. The number of carbonyl (C=O) groups is 1. The highest BCUT2D eigenvalue weighted by Crippen LogP contribution is 2.23. The molecule has 0 aromatic rings. The van der Waals surface area contributed by atoms with Crippen LogP contribution in [0, 0.1) is 11.8 Å². The first-order valence-electron chi connectivity index (χ1n) is 6.19. The van der Waals surface area contributed by atoms with E-state index in [1.165, 1.54) is 0 Å². The largest absolute Gasteiger partial charge is 0.396 e. The van der Waals surface area contributed by atoms with Gasteiger partial charge in [0.15, 0.2) is 0 Å². The van der Waals surface area contributed by atoms with Crippen LogP contribution < -0.4 is 5.32 Å². The Morgan fingerprint density at radius 3 is 3.00 bits per heavy atom. The van der Waals surface area contributed by atoms with Gasteiger partial charge >= 0.3 is 0 Å². The molecule has 3 atom stereocenters. The van der Waals surface area contributed by atoms with Gasteiger partial charge in [-0.15, -0.1) is 0 Å². The zero-order valence-electron chi connectivity index (χ0n) is 10.2. The molecule has 0 aliphatic carbocycles. The second-order valence-corrected chi connectivity index (χ2v) is 4.58. The van der Waals surface area contributed by atoms with Crippen molar-refractivity contribution in [3.63, 3.8) is 0 Å². The summed E-state index contributed by atoms with van der Waals surface area (Å²) in [7, 11) is 0. The highest BCUT2D eigenvalue weighted by atomic mass is 16.5. The molecule has 16 heavy (non-hydrogen) atoms. The predicted molar refractivity (Wildman–Crippen MR) is 62.0 cm³/mol. The second-order valence-electron chi connectivity index (χ2n) is 4.58. The van der Waals surface area contributed by atoms with Gasteiger partial charge in [0.05, 0.1) is 12.0 Å². The summed E-state index contributed by atoms with van der Waals surface area (Å²) < 4.78 is 5.49. The Hall–Kier alpha value is -0.610. The summed E-state index contributed by atoms with van der Waals surface area (Å²) in [6, 6.07) is 0. The predicted octanol–water partition coefficient (Wildman–Crippen LogP) is 0.936. The van der Waals surface area contributed by atoms with E-state index in [1.54, 1.807) is 0 Å². The van der Waals surface area contributed by atoms with Crippen molar-refractivity contribution in [2.24, 2.45) is 11.8 Å². The van der Waals surface area contributed by atoms with Gasteiger partial charge in [0.25, 0.3) is 0 Å². The first-order chi connectivity index (χ1) is 7.69. The molecule has 4 heteroatoms. The van der Waals surface area contributed by atoms with Gasteiger partial charge in [-0.2, -0.15) is 0 Å². The molecule has 0 spiro atoms. The van der Waals surface area contributed by atoms with Gasteiger partial charge in [-0.1, -0.05) is 13.8 Å². The highest BCUT2D eigenvalue weighted by molar-refractivity contribution is 5.79. The lowest BCUT2D eigenvalue weighted by Crippen LogP contribution is -2.37. The van der Waals surface area contributed by atoms with Gasteiger partial charge in [-0.25, -0.2) is 0 Å². The van der Waals surface area contributed by atoms with Crippen molar-refractivity contribution in [3.8, 4) is 0 Å². The molecule has 1 heterocycles. The Morgan fingerprint density at radius 2 is 2.38 bits per heavy atom. The molecule has 1 fully saturated rings. The Labute approximate surface area is 97.4 Å². The van der Waals surface area contributed by atoms with Crippen LogP contribution in [0.5, 0.6) is 0 Å². The molecule has 1 aliphatic rings. The average Bonchev–Trinajstić information content (AvgIpc) is 2.74. The third-order valence-corrected chi connectivity index (χ3v) is 3.20. The molecule has 4 nitrogen and oxygen atoms in total. The fourth-order valence-electron chi connectivity index (χ4n) is 2.08. The number of ether oxygens (including phenoxy) is 1. The quantitative estimate of drug-likeness (QED) is 0.712. The fourth-order valence-corrected chi connectivity index (χ4v) is 2.08. The normalized spacial score (nSPS) is 26.7. The Morgan fingerprint density at radius 1 is 1.62 bits per heavy atom. The van der Waals surface area contributed by atoms with Crippen LogP contribution in [0.15, 0.2) is 0 Å². The van der Waals surface area contributed by atoms with Crippen LogP contribution in [0.2, 0.25) is 0 Å². The van der Waals surface area contributed by atoms with Crippen molar-refractivity contribution >= 4 is 5.91 Å². The molecule has 1 amide bonds. The van der Waals surface area contributed by atoms with E-state index in [0.29, 0.717) is 19.1 Å². The summed E-state index contributed by atoms with van der Waals surface area (Å²) in [5, 5.41) is 11.7. The monoisotopic (exact) mass is 229 g/mol. The Bertz CT molecular complexity index is 220. The van der Waals surface area contributed by atoms with Gasteiger partial charge in [0.2, 0.25) is 5.91 Å². The van der Waals surface area contributed by atoms with Crippen LogP contribution >= 0.6 is 0 Å². The van der Waals surface area contributed by atoms with E-state index in [0.717, 1.165) is 19.3 Å². The molecule has 1 saturated heterocycles. The highest BCUT2D eigenvalue weighted by Gasteiger charge is 2.32. The molecule has 3 unspecified atom stereocenters. The SMILES string of the molecule is CCC1OCCC1C(=O)NCC(C)CCO. The minimum atomic E-state index is 0.0197. The van der Waals surface area contributed by atoms with E-state index in [9.17, 15) is 4.79 Å². The number of rotatable bonds is 6. The summed E-state index contributed by atoms with van der Waals surface area (Å²) in [4.78, 5) is 11.9. The van der Waals surface area contributed by atoms with Gasteiger partial charge in [-0.05, 0) is 25.2 Å². The molecule has 0 radical (unpaired) electrons. The van der Waals surface area contributed by atoms with Crippen LogP contribution in [0.25, 0.3) is 0 Å². The minimum absolute atomic E-state index is 0.0197. The van der Waals surface area contributed by atoms with Crippen molar-refractivity contribution in [3.05, 3.63) is 0 Å². The van der Waals surface area contributed by atoms with E-state index in [1.807, 2.05) is 13.8 Å². The number of carbonyl (C=O) groups excluding carboxylic acids is 1. The molecule has 94 valence electrons. The van der Waals surface area contributed by atoms with Crippen molar-refractivity contribution < 1.29 is 14.6 Å². The fraction of sp³-hybridized carbons (Fsp3) is 0.917. The van der Waals surface area contributed by atoms with Crippen LogP contribution in [0.3, 0.4) is 0 Å². The molecule has 0 aromatic heterocycles. The third-order valence-electron chi connectivity index (χ3n) is 3.20. The zero-order chi connectivity index (χ0) is 12.0. The standard InChI is InChI=1S/C12H23NO3/c1-3-11-10(5-7-16-11)12(15)13-8-9(2)4-6-14/h9-11,14H,3-8H2,1-2H3,(H,13,15). The van der Waals surface area contributed by atoms with Gasteiger partial charge in [0, 0.05) is 19.8 Å². The van der Waals surface area contributed by atoms with E-state index >= 15 is 0 Å². The summed E-state index contributed by atoms with van der Waals surface area (Å²) in [6.45, 7) is 5.60. The molecule has 0 saturated carbocycles. The summed E-state index contributed by atoms with van der Waals surface area (Å²) in [5.41, 5.74) is 0. The van der Waals surface area contributed by atoms with Crippen LogP contribution in [-0.4, -0.2) is 36.9 Å². The van der Waals surface area contributed by atoms with Crippen molar-refractivity contribution in [2.45, 2.75) is 39.2 Å². The zero-order valence-corrected chi connectivity index (χ0v) is 10.2. The van der Waals surface area contributed by atoms with Crippen molar-refractivity contribution in [1.29, 1.82) is 0 Å². The lowest BCUT2D eigenvalue weighted by atomic mass is 9.98. The van der Waals surface area contributed by atoms with Crippen molar-refractivity contribution in [1.82, 2.24) is 5.32 Å². The van der Waals surface area contributed by atoms with E-state index in [-0.39, 0.29) is 24.5 Å². The van der Waals surface area contributed by atoms with Crippen molar-refractivity contribution in [2.75, 3.05) is 19.8 Å². The number of aliphatic hydroxyl groups excluding tert-OH is 1. The maximum atomic E-state index is 11.9. The van der Waals surface area contributed by atoms with Gasteiger partial charge in [-0.3, -0.25) is 4.79 Å². The third kappa shape index (κ3) is 3.76. The summed E-state index contributed by atoms with van der Waals surface area (Å²) in [6.07, 6.45) is 2.55. The lowest BCUT2D eigenvalue weighted by molar-refractivity contribution is -0.126. The topological polar surface area (TPSA) is 58.6 Å². The van der Waals surface area contributed by atoms with Crippen LogP contribution in [-0.2, 0) is 9.53 Å². The van der Waals surface area contributed by atoms with Crippen LogP contribution in [0.1, 0.15) is 33.1 Å². The van der Waals surface area contributed by atoms with Gasteiger partial charge in [0.1, 0.15) is 0 Å². The molecular weight excluding hydrogens is 206 g/mol. The first-order valence-corrected chi connectivity index (χ1v) is 6.19. The molecular formula is C12H23NO3. The first kappa shape index (κ1) is 13.5. The average molecular weight is 229 g/mol. The number of aliphatic hydroxyl groups is 1. The maximum Gasteiger partial charge on any atom is 0.225 e. The minimum Gasteiger partial charge on any atom is -0.396 e. The molecule has 2 N–H and O–H groups in total. The van der Waals surface area contributed by atoms with E-state index in [2.05, 4.69) is 5.32 Å². The van der Waals surface area contributed by atoms with Crippen LogP contribution in [0.4, 0.5) is 0 Å². The molecule has 1 aliphatic heterocycles. The summed E-state index contributed by atoms with van der Waals surface area (Å²) >= 11 is 0. The molecule has 0 bridgehead atoms. The number of hydrogen-bond acceptors (Lipinski definition) is 3. The maximum absolute atomic E-state index is 11.9. The Kier molecular flexibility index (Phi) is 5.77. The van der Waals surface area contributed by atoms with E-state index in [4.69, 9.17) is 9.84 Å². The van der Waals surface area contributed by atoms with E-state index < -0.39 is 0 Å². The smallest absolute Gasteiger partial charge is 0.225 e. The second kappa shape index (κ2) is 6.86. The number of hydrogen-bond donors (Lipinski definition) is 2. The Balaban J connectivity index is 2.29. The molecule has 1 rings (SSSR count). The lowest BCUT2D eigenvalue weighted by Gasteiger charge is -2.18. The summed E-state index contributed by atoms with van der Waals surface area (Å²) in [5.74, 6) is 0.455. The number of nitrogens with one attached hydrogen (secondary N) is 1. The molecule has 0 aromatic carbocycles.